The third-order valence-electron chi connectivity index (χ3n) is 3.33. The molecule has 3 nitrogen and oxygen atoms in total. The van der Waals surface area contributed by atoms with E-state index in [0.29, 0.717) is 11.6 Å². The SMILES string of the molecule is CN(CCO)C(=O)C1(c2ccccc2Cl)CC1. The molecule has 1 fully saturated rings. The fraction of sp³-hybridized carbons (Fsp3) is 0.462. The van der Waals surface area contributed by atoms with Gasteiger partial charge in [0.1, 0.15) is 0 Å². The van der Waals surface area contributed by atoms with Crippen LogP contribution in [0.5, 0.6) is 0 Å². The Morgan fingerprint density at radius 3 is 2.65 bits per heavy atom. The number of hydrogen-bond donors (Lipinski definition) is 1. The summed E-state index contributed by atoms with van der Waals surface area (Å²) in [5, 5.41) is 9.53. The standard InChI is InChI=1S/C13H16ClNO2/c1-15(8-9-16)12(17)13(6-7-13)10-4-2-3-5-11(10)14/h2-5,16H,6-9H2,1H3. The Kier molecular flexibility index (Phi) is 3.40. The third-order valence-corrected chi connectivity index (χ3v) is 3.66. The number of rotatable bonds is 4. The van der Waals surface area contributed by atoms with Gasteiger partial charge in [0, 0.05) is 18.6 Å². The predicted molar refractivity (Wildman–Crippen MR) is 67.1 cm³/mol. The molecular weight excluding hydrogens is 238 g/mol. The van der Waals surface area contributed by atoms with Gasteiger partial charge in [0.15, 0.2) is 0 Å². The molecule has 0 radical (unpaired) electrons. The molecule has 0 unspecified atom stereocenters. The highest BCUT2D eigenvalue weighted by atomic mass is 35.5. The van der Waals surface area contributed by atoms with Crippen molar-refractivity contribution < 1.29 is 9.90 Å². The van der Waals surface area contributed by atoms with Crippen LogP contribution >= 0.6 is 11.6 Å². The number of halogens is 1. The number of aliphatic hydroxyl groups is 1. The van der Waals surface area contributed by atoms with E-state index in [4.69, 9.17) is 16.7 Å². The zero-order valence-corrected chi connectivity index (χ0v) is 10.6. The highest BCUT2D eigenvalue weighted by molar-refractivity contribution is 6.31. The lowest BCUT2D eigenvalue weighted by atomic mass is 9.94. The molecule has 1 aliphatic rings. The summed E-state index contributed by atoms with van der Waals surface area (Å²) in [5.41, 5.74) is 0.471. The van der Waals surface area contributed by atoms with Crippen LogP contribution < -0.4 is 0 Å². The molecular formula is C13H16ClNO2. The third kappa shape index (κ3) is 2.17. The molecule has 0 aliphatic heterocycles. The van der Waals surface area contributed by atoms with E-state index in [0.717, 1.165) is 18.4 Å². The first-order valence-corrected chi connectivity index (χ1v) is 6.11. The Hall–Kier alpha value is -1.06. The Bertz CT molecular complexity index is 429. The summed E-state index contributed by atoms with van der Waals surface area (Å²) in [6.07, 6.45) is 1.68. The summed E-state index contributed by atoms with van der Waals surface area (Å²) >= 11 is 6.15. The molecule has 0 spiro atoms. The molecule has 92 valence electrons. The largest absolute Gasteiger partial charge is 0.395 e. The van der Waals surface area contributed by atoms with Crippen molar-refractivity contribution in [3.63, 3.8) is 0 Å². The quantitative estimate of drug-likeness (QED) is 0.889. The van der Waals surface area contributed by atoms with Crippen molar-refractivity contribution in [2.45, 2.75) is 18.3 Å². The molecule has 0 heterocycles. The van der Waals surface area contributed by atoms with Crippen LogP contribution in [0.3, 0.4) is 0 Å². The van der Waals surface area contributed by atoms with Crippen LogP contribution in [0.15, 0.2) is 24.3 Å². The summed E-state index contributed by atoms with van der Waals surface area (Å²) < 4.78 is 0. The van der Waals surface area contributed by atoms with E-state index in [1.807, 2.05) is 24.3 Å². The van der Waals surface area contributed by atoms with Crippen molar-refractivity contribution in [1.82, 2.24) is 4.90 Å². The highest BCUT2D eigenvalue weighted by Crippen LogP contribution is 2.51. The van der Waals surface area contributed by atoms with Gasteiger partial charge >= 0.3 is 0 Å². The van der Waals surface area contributed by atoms with Crippen LogP contribution in [0.4, 0.5) is 0 Å². The maximum atomic E-state index is 12.3. The lowest BCUT2D eigenvalue weighted by Gasteiger charge is -2.23. The molecule has 1 N–H and O–H groups in total. The first kappa shape index (κ1) is 12.4. The molecule has 1 aliphatic carbocycles. The van der Waals surface area contributed by atoms with Crippen molar-refractivity contribution in [2.75, 3.05) is 20.2 Å². The van der Waals surface area contributed by atoms with Crippen molar-refractivity contribution in [1.29, 1.82) is 0 Å². The fourth-order valence-electron chi connectivity index (χ4n) is 2.19. The van der Waals surface area contributed by atoms with E-state index in [1.165, 1.54) is 0 Å². The van der Waals surface area contributed by atoms with E-state index < -0.39 is 5.41 Å². The summed E-state index contributed by atoms with van der Waals surface area (Å²) in [7, 11) is 1.72. The van der Waals surface area contributed by atoms with Gasteiger partial charge in [-0.05, 0) is 24.5 Å². The van der Waals surface area contributed by atoms with Gasteiger partial charge < -0.3 is 10.0 Å². The summed E-state index contributed by atoms with van der Waals surface area (Å²) in [6, 6.07) is 7.50. The zero-order valence-electron chi connectivity index (χ0n) is 9.82. The van der Waals surface area contributed by atoms with Gasteiger partial charge in [-0.1, -0.05) is 29.8 Å². The molecule has 0 bridgehead atoms. The minimum absolute atomic E-state index is 0.0131. The summed E-state index contributed by atoms with van der Waals surface area (Å²) in [4.78, 5) is 13.9. The molecule has 0 aromatic heterocycles. The molecule has 2 rings (SSSR count). The first-order chi connectivity index (χ1) is 8.12. The number of carbonyl (C=O) groups excluding carboxylic acids is 1. The lowest BCUT2D eigenvalue weighted by molar-refractivity contribution is -0.133. The zero-order chi connectivity index (χ0) is 12.5. The van der Waals surface area contributed by atoms with Crippen LogP contribution in [0.2, 0.25) is 5.02 Å². The van der Waals surface area contributed by atoms with Crippen LogP contribution in [0, 0.1) is 0 Å². The van der Waals surface area contributed by atoms with E-state index in [-0.39, 0.29) is 12.5 Å². The average molecular weight is 254 g/mol. The van der Waals surface area contributed by atoms with Gasteiger partial charge in [0.2, 0.25) is 5.91 Å². The van der Waals surface area contributed by atoms with Gasteiger partial charge in [-0.25, -0.2) is 0 Å². The van der Waals surface area contributed by atoms with Gasteiger partial charge in [0.05, 0.1) is 12.0 Å². The van der Waals surface area contributed by atoms with E-state index in [2.05, 4.69) is 0 Å². The second-order valence-electron chi connectivity index (χ2n) is 4.51. The molecule has 17 heavy (non-hydrogen) atoms. The molecule has 1 aromatic rings. The lowest BCUT2D eigenvalue weighted by Crippen LogP contribution is -2.38. The summed E-state index contributed by atoms with van der Waals surface area (Å²) in [6.45, 7) is 0.353. The number of nitrogens with zero attached hydrogens (tertiary/aromatic N) is 1. The van der Waals surface area contributed by atoms with E-state index in [1.54, 1.807) is 11.9 Å². The Labute approximate surface area is 106 Å². The molecule has 0 saturated heterocycles. The molecule has 4 heteroatoms. The fourth-order valence-corrected chi connectivity index (χ4v) is 2.51. The maximum Gasteiger partial charge on any atom is 0.233 e. The van der Waals surface area contributed by atoms with Gasteiger partial charge in [0.25, 0.3) is 0 Å². The highest BCUT2D eigenvalue weighted by Gasteiger charge is 2.53. The number of benzene rings is 1. The van der Waals surface area contributed by atoms with Gasteiger partial charge in [-0.2, -0.15) is 0 Å². The minimum atomic E-state index is -0.442. The monoisotopic (exact) mass is 253 g/mol. The number of hydrogen-bond acceptors (Lipinski definition) is 2. The Balaban J connectivity index is 2.26. The van der Waals surface area contributed by atoms with Crippen LogP contribution in [-0.4, -0.2) is 36.1 Å². The van der Waals surface area contributed by atoms with Crippen molar-refractivity contribution in [3.05, 3.63) is 34.9 Å². The van der Waals surface area contributed by atoms with E-state index in [9.17, 15) is 4.79 Å². The smallest absolute Gasteiger partial charge is 0.233 e. The van der Waals surface area contributed by atoms with E-state index >= 15 is 0 Å². The second-order valence-corrected chi connectivity index (χ2v) is 4.92. The topological polar surface area (TPSA) is 40.5 Å². The molecule has 0 atom stereocenters. The Morgan fingerprint density at radius 2 is 2.12 bits per heavy atom. The maximum absolute atomic E-state index is 12.3. The number of amides is 1. The van der Waals surface area contributed by atoms with Crippen LogP contribution in [-0.2, 0) is 10.2 Å². The molecule has 1 amide bonds. The first-order valence-electron chi connectivity index (χ1n) is 5.73. The predicted octanol–water partition coefficient (Wildman–Crippen LogP) is 1.82. The number of aliphatic hydroxyl groups excluding tert-OH is 1. The normalized spacial score (nSPS) is 16.6. The van der Waals surface area contributed by atoms with Crippen molar-refractivity contribution in [2.24, 2.45) is 0 Å². The minimum Gasteiger partial charge on any atom is -0.395 e. The number of likely N-dealkylation sites (N-methyl/N-ethyl adjacent to an activating group) is 1. The second kappa shape index (κ2) is 4.67. The number of carbonyl (C=O) groups is 1. The molecule has 1 aromatic carbocycles. The van der Waals surface area contributed by atoms with Crippen molar-refractivity contribution >= 4 is 17.5 Å². The van der Waals surface area contributed by atoms with Crippen molar-refractivity contribution in [3.8, 4) is 0 Å². The summed E-state index contributed by atoms with van der Waals surface area (Å²) in [5.74, 6) is 0.0552. The Morgan fingerprint density at radius 1 is 1.47 bits per heavy atom. The molecule has 1 saturated carbocycles. The van der Waals surface area contributed by atoms with Crippen LogP contribution in [0.1, 0.15) is 18.4 Å². The van der Waals surface area contributed by atoms with Gasteiger partial charge in [-0.3, -0.25) is 4.79 Å². The average Bonchev–Trinajstić information content (AvgIpc) is 3.10. The van der Waals surface area contributed by atoms with Gasteiger partial charge in [-0.15, -0.1) is 0 Å². The van der Waals surface area contributed by atoms with Crippen LogP contribution in [0.25, 0.3) is 0 Å².